The number of hydrogen-bond donors (Lipinski definition) is 5. The number of carbonyl (C=O) groups is 2. The number of amides is 1. The number of benzene rings is 4. The van der Waals surface area contributed by atoms with Crippen LogP contribution in [-0.2, 0) is 45.3 Å². The number of hydrogen-bond acceptors (Lipinski definition) is 10. The van der Waals surface area contributed by atoms with Crippen molar-refractivity contribution < 1.29 is 33.0 Å². The van der Waals surface area contributed by atoms with Gasteiger partial charge in [-0.2, -0.15) is 4.31 Å². The number of aromatic amines is 1. The lowest BCUT2D eigenvalue weighted by Crippen LogP contribution is -2.55. The summed E-state index contributed by atoms with van der Waals surface area (Å²) in [6.07, 6.45) is 2.61. The lowest BCUT2D eigenvalue weighted by atomic mass is 9.72. The summed E-state index contributed by atoms with van der Waals surface area (Å²) in [5.74, 6) is 0.0417. The zero-order chi connectivity index (χ0) is 42.5. The molecule has 0 saturated carbocycles. The van der Waals surface area contributed by atoms with E-state index in [-0.39, 0.29) is 54.4 Å². The van der Waals surface area contributed by atoms with E-state index in [0.29, 0.717) is 61.3 Å². The van der Waals surface area contributed by atoms with Crippen LogP contribution < -0.4 is 10.9 Å². The second kappa shape index (κ2) is 18.7. The molecule has 0 radical (unpaired) electrons. The summed E-state index contributed by atoms with van der Waals surface area (Å²) < 4.78 is 32.3. The Morgan fingerprint density at radius 2 is 1.56 bits per heavy atom. The van der Waals surface area contributed by atoms with Gasteiger partial charge in [0, 0.05) is 62.8 Å². The molecule has 4 fully saturated rings. The third-order valence-electron chi connectivity index (χ3n) is 12.9. The van der Waals surface area contributed by atoms with Crippen LogP contribution >= 0.6 is 0 Å². The predicted molar refractivity (Wildman–Crippen MR) is 233 cm³/mol. The van der Waals surface area contributed by atoms with Crippen LogP contribution in [0.25, 0.3) is 10.9 Å². The van der Waals surface area contributed by atoms with Crippen molar-refractivity contribution in [3.05, 3.63) is 147 Å². The maximum atomic E-state index is 14.0. The number of piperidine rings is 4. The van der Waals surface area contributed by atoms with E-state index in [9.17, 15) is 33.0 Å². The molecule has 14 heteroatoms. The second-order valence-corrected chi connectivity index (χ2v) is 17.7. The van der Waals surface area contributed by atoms with Gasteiger partial charge in [-0.3, -0.25) is 19.3 Å². The number of phenols is 1. The van der Waals surface area contributed by atoms with Crippen LogP contribution in [0, 0.1) is 5.92 Å². The minimum absolute atomic E-state index is 0.0641. The standard InChI is InChI=1S/C47H53N5O8S/c53-40-16-14-38(39-15-17-43(55)49-44(39)40)41(54)29-48-28-33-8-6-32(7-9-33)18-25-52(61(58)59)30-34-10-12-36(13-11-34)45(56)51-26-21-47(22-27-51,37-4-2-1-3-5-37)46(57)60-42-31-50-23-19-35(42)20-24-50/h1-17,35,41-42,48,53-54,61H,18-31H2,(H,49,55)/t41-,42-/m0/s1. The van der Waals surface area contributed by atoms with Crippen molar-refractivity contribution in [3.8, 4) is 5.75 Å². The van der Waals surface area contributed by atoms with Gasteiger partial charge in [-0.25, -0.2) is 8.42 Å². The summed E-state index contributed by atoms with van der Waals surface area (Å²) in [4.78, 5) is 46.3. The molecule has 1 aromatic heterocycles. The Labute approximate surface area is 357 Å². The van der Waals surface area contributed by atoms with Crippen LogP contribution in [0.5, 0.6) is 5.75 Å². The summed E-state index contributed by atoms with van der Waals surface area (Å²) in [5, 5.41) is 24.8. The highest BCUT2D eigenvalue weighted by molar-refractivity contribution is 7.69. The highest BCUT2D eigenvalue weighted by Gasteiger charge is 2.47. The number of rotatable bonds is 15. The quantitative estimate of drug-likeness (QED) is 0.0750. The summed E-state index contributed by atoms with van der Waals surface area (Å²) in [5.41, 5.74) is 3.89. The molecule has 0 unspecified atom stereocenters. The lowest BCUT2D eigenvalue weighted by Gasteiger charge is -2.46. The molecular weight excluding hydrogens is 795 g/mol. The number of H-pyrrole nitrogens is 1. The number of aromatic nitrogens is 1. The second-order valence-electron chi connectivity index (χ2n) is 16.6. The number of thiol groups is 1. The molecule has 320 valence electrons. The number of aromatic hydroxyl groups is 1. The highest BCUT2D eigenvalue weighted by atomic mass is 32.2. The first-order chi connectivity index (χ1) is 29.6. The Morgan fingerprint density at radius 1 is 0.869 bits per heavy atom. The van der Waals surface area contributed by atoms with E-state index in [4.69, 9.17) is 4.74 Å². The number of carbonyl (C=O) groups excluding carboxylic acids is 2. The SMILES string of the molecule is O=C(c1ccc(CN(CCc2ccc(CNC[C@H](O)c3ccc(O)c4[nH]c(=O)ccc34)cc2)[SH](=O)=O)cc1)N1CCC(C(=O)O[C@H]2CN3CCC2CC3)(c2ccccc2)CC1. The van der Waals surface area contributed by atoms with Crippen molar-refractivity contribution >= 4 is 33.7 Å². The highest BCUT2D eigenvalue weighted by Crippen LogP contribution is 2.39. The van der Waals surface area contributed by atoms with Crippen molar-refractivity contribution in [1.29, 1.82) is 0 Å². The smallest absolute Gasteiger partial charge is 0.317 e. The van der Waals surface area contributed by atoms with E-state index >= 15 is 0 Å². The number of aliphatic hydroxyl groups is 1. The molecule has 2 atom stereocenters. The van der Waals surface area contributed by atoms with Crippen LogP contribution in [0.2, 0.25) is 0 Å². The zero-order valence-corrected chi connectivity index (χ0v) is 35.0. The summed E-state index contributed by atoms with van der Waals surface area (Å²) in [7, 11) is -2.86. The van der Waals surface area contributed by atoms with Crippen LogP contribution in [0.1, 0.15) is 70.0 Å². The Balaban J connectivity index is 0.816. The predicted octanol–water partition coefficient (Wildman–Crippen LogP) is 4.44. The van der Waals surface area contributed by atoms with Gasteiger partial charge >= 0.3 is 5.97 Å². The fourth-order valence-electron chi connectivity index (χ4n) is 9.21. The molecule has 0 spiro atoms. The monoisotopic (exact) mass is 847 g/mol. The van der Waals surface area contributed by atoms with Crippen molar-refractivity contribution in [2.45, 2.75) is 62.8 Å². The molecule has 0 aliphatic carbocycles. The number of likely N-dealkylation sites (tertiary alicyclic amines) is 1. The average molecular weight is 848 g/mol. The molecule has 61 heavy (non-hydrogen) atoms. The van der Waals surface area contributed by atoms with Crippen LogP contribution in [0.15, 0.2) is 108 Å². The summed E-state index contributed by atoms with van der Waals surface area (Å²) in [6.45, 7) is 4.96. The third kappa shape index (κ3) is 9.58. The normalized spacial score (nSPS) is 20.2. The minimum atomic E-state index is -2.86. The van der Waals surface area contributed by atoms with Gasteiger partial charge in [0.2, 0.25) is 16.4 Å². The molecule has 4 N–H and O–H groups in total. The van der Waals surface area contributed by atoms with Gasteiger partial charge in [0.25, 0.3) is 5.91 Å². The van der Waals surface area contributed by atoms with E-state index in [0.717, 1.165) is 54.7 Å². The summed E-state index contributed by atoms with van der Waals surface area (Å²) in [6, 6.07) is 30.8. The van der Waals surface area contributed by atoms with Gasteiger partial charge in [0.1, 0.15) is 11.9 Å². The molecule has 5 aromatic rings. The summed E-state index contributed by atoms with van der Waals surface area (Å²) >= 11 is 0. The number of aliphatic hydroxyl groups excluding tert-OH is 1. The van der Waals surface area contributed by atoms with Crippen LogP contribution in [0.4, 0.5) is 0 Å². The Hall–Kier alpha value is -5.38. The molecule has 4 aliphatic rings. The van der Waals surface area contributed by atoms with Gasteiger partial charge in [0.15, 0.2) is 0 Å². The van der Waals surface area contributed by atoms with E-state index in [1.165, 1.54) is 16.4 Å². The topological polar surface area (TPSA) is 173 Å². The van der Waals surface area contributed by atoms with E-state index in [2.05, 4.69) is 15.2 Å². The van der Waals surface area contributed by atoms with Crippen molar-refractivity contribution in [3.63, 3.8) is 0 Å². The lowest BCUT2D eigenvalue weighted by molar-refractivity contribution is -0.167. The van der Waals surface area contributed by atoms with Crippen molar-refractivity contribution in [1.82, 2.24) is 24.4 Å². The van der Waals surface area contributed by atoms with E-state index in [1.807, 2.05) is 54.6 Å². The fourth-order valence-corrected chi connectivity index (χ4v) is 9.76. The molecule has 9 rings (SSSR count). The Bertz CT molecular complexity index is 2450. The third-order valence-corrected chi connectivity index (χ3v) is 13.7. The first-order valence-corrected chi connectivity index (χ1v) is 22.3. The molecule has 4 aliphatic heterocycles. The Kier molecular flexibility index (Phi) is 13.0. The maximum Gasteiger partial charge on any atom is 0.317 e. The van der Waals surface area contributed by atoms with Gasteiger partial charge in [-0.05, 0) is 103 Å². The van der Waals surface area contributed by atoms with Gasteiger partial charge in [0.05, 0.1) is 17.0 Å². The number of nitrogens with zero attached hydrogens (tertiary/aromatic N) is 3. The molecule has 4 aromatic carbocycles. The number of ether oxygens (including phenoxy) is 1. The van der Waals surface area contributed by atoms with Gasteiger partial charge in [-0.1, -0.05) is 72.8 Å². The number of nitrogens with one attached hydrogen (secondary N) is 2. The fraction of sp³-hybridized carbons (Fsp3) is 0.383. The first-order valence-electron chi connectivity index (χ1n) is 21.1. The van der Waals surface area contributed by atoms with Crippen molar-refractivity contribution in [2.75, 3.05) is 45.8 Å². The molecular formula is C47H53N5O8S. The molecule has 2 bridgehead atoms. The number of fused-ring (bicyclic) bond motifs is 4. The van der Waals surface area contributed by atoms with Gasteiger partial charge in [-0.15, -0.1) is 0 Å². The minimum Gasteiger partial charge on any atom is -0.506 e. The largest absolute Gasteiger partial charge is 0.506 e. The van der Waals surface area contributed by atoms with E-state index < -0.39 is 22.4 Å². The first kappa shape index (κ1) is 42.3. The molecule has 1 amide bonds. The molecule has 4 saturated heterocycles. The number of esters is 1. The number of phenolic OH excluding ortho intramolecular Hbond substituents is 1. The average Bonchev–Trinajstić information content (AvgIpc) is 3.29. The zero-order valence-electron chi connectivity index (χ0n) is 34.1. The van der Waals surface area contributed by atoms with E-state index in [1.54, 1.807) is 41.3 Å². The van der Waals surface area contributed by atoms with Gasteiger partial charge < -0.3 is 30.2 Å². The van der Waals surface area contributed by atoms with Crippen molar-refractivity contribution in [2.24, 2.45) is 5.92 Å². The Morgan fingerprint density at radius 3 is 2.23 bits per heavy atom. The van der Waals surface area contributed by atoms with Crippen LogP contribution in [0.3, 0.4) is 0 Å². The van der Waals surface area contributed by atoms with Crippen LogP contribution in [-0.4, -0.2) is 102 Å². The maximum absolute atomic E-state index is 14.0. The molecule has 13 nitrogen and oxygen atoms in total. The molecule has 5 heterocycles. The number of pyridine rings is 1.